The molecule has 2 aromatic carbocycles. The summed E-state index contributed by atoms with van der Waals surface area (Å²) in [5, 5.41) is 19.7. The van der Waals surface area contributed by atoms with Crippen LogP contribution in [0.25, 0.3) is 0 Å². The van der Waals surface area contributed by atoms with Gasteiger partial charge in [0.05, 0.1) is 4.92 Å². The third-order valence-electron chi connectivity index (χ3n) is 2.78. The Kier molecular flexibility index (Phi) is 3.84. The third kappa shape index (κ3) is 2.97. The first-order valence-electron chi connectivity index (χ1n) is 5.85. The van der Waals surface area contributed by atoms with Gasteiger partial charge in [0, 0.05) is 12.1 Å². The normalized spacial score (nSPS) is 10.2. The molecular formula is C14H10FNO5. The second kappa shape index (κ2) is 5.58. The maximum atomic E-state index is 13.8. The van der Waals surface area contributed by atoms with Gasteiger partial charge >= 0.3 is 5.97 Å². The Morgan fingerprint density at radius 2 is 2.05 bits per heavy atom. The van der Waals surface area contributed by atoms with Crippen LogP contribution in [0.15, 0.2) is 36.4 Å². The van der Waals surface area contributed by atoms with Crippen molar-refractivity contribution in [1.82, 2.24) is 0 Å². The van der Waals surface area contributed by atoms with Crippen LogP contribution in [0.1, 0.15) is 15.9 Å². The number of nitrogens with zero attached hydrogens (tertiary/aromatic N) is 1. The van der Waals surface area contributed by atoms with E-state index in [1.807, 2.05) is 0 Å². The highest BCUT2D eigenvalue weighted by Gasteiger charge is 2.21. The average Bonchev–Trinajstić information content (AvgIpc) is 2.43. The first kappa shape index (κ1) is 14.4. The van der Waals surface area contributed by atoms with E-state index >= 15 is 0 Å². The van der Waals surface area contributed by atoms with Crippen LogP contribution >= 0.6 is 0 Å². The van der Waals surface area contributed by atoms with Crippen molar-refractivity contribution < 1.29 is 24.0 Å². The molecule has 0 atom stereocenters. The molecule has 0 aliphatic rings. The Morgan fingerprint density at radius 1 is 1.33 bits per heavy atom. The van der Waals surface area contributed by atoms with Crippen LogP contribution in [0.3, 0.4) is 0 Å². The molecule has 2 rings (SSSR count). The minimum absolute atomic E-state index is 0.00231. The number of benzene rings is 2. The molecule has 21 heavy (non-hydrogen) atoms. The fourth-order valence-electron chi connectivity index (χ4n) is 1.74. The van der Waals surface area contributed by atoms with Gasteiger partial charge in [-0.05, 0) is 24.6 Å². The molecule has 0 heterocycles. The standard InChI is InChI=1S/C14H10FNO5/c1-8-3-2-4-12(13(8)15)21-9-5-6-11(16(19)20)10(7-9)14(17)18/h2-7H,1H3,(H,17,18). The lowest BCUT2D eigenvalue weighted by molar-refractivity contribution is -0.385. The van der Waals surface area contributed by atoms with E-state index in [-0.39, 0.29) is 11.5 Å². The maximum Gasteiger partial charge on any atom is 0.342 e. The number of halogens is 1. The molecule has 0 saturated carbocycles. The lowest BCUT2D eigenvalue weighted by Gasteiger charge is -2.08. The van der Waals surface area contributed by atoms with E-state index in [2.05, 4.69) is 0 Å². The first-order valence-corrected chi connectivity index (χ1v) is 5.85. The van der Waals surface area contributed by atoms with Gasteiger partial charge in [-0.2, -0.15) is 0 Å². The van der Waals surface area contributed by atoms with Gasteiger partial charge in [-0.1, -0.05) is 12.1 Å². The van der Waals surface area contributed by atoms with E-state index in [1.54, 1.807) is 19.1 Å². The lowest BCUT2D eigenvalue weighted by Crippen LogP contribution is -2.03. The van der Waals surface area contributed by atoms with Crippen LogP contribution in [-0.4, -0.2) is 16.0 Å². The van der Waals surface area contributed by atoms with Crippen molar-refractivity contribution in [1.29, 1.82) is 0 Å². The largest absolute Gasteiger partial charge is 0.477 e. The summed E-state index contributed by atoms with van der Waals surface area (Å²) in [5.74, 6) is -2.12. The predicted octanol–water partition coefficient (Wildman–Crippen LogP) is 3.53. The Bertz CT molecular complexity index is 729. The SMILES string of the molecule is Cc1cccc(Oc2ccc([N+](=O)[O-])c(C(=O)O)c2)c1F. The number of ether oxygens (including phenoxy) is 1. The van der Waals surface area contributed by atoms with E-state index in [9.17, 15) is 19.3 Å². The molecule has 0 bridgehead atoms. The molecule has 0 saturated heterocycles. The minimum atomic E-state index is -1.46. The number of nitro groups is 1. The Labute approximate surface area is 118 Å². The number of hydrogen-bond donors (Lipinski definition) is 1. The zero-order valence-corrected chi connectivity index (χ0v) is 10.9. The summed E-state index contributed by atoms with van der Waals surface area (Å²) in [6.07, 6.45) is 0. The van der Waals surface area contributed by atoms with E-state index in [0.717, 1.165) is 12.1 Å². The highest BCUT2D eigenvalue weighted by atomic mass is 19.1. The van der Waals surface area contributed by atoms with Gasteiger partial charge in [0.15, 0.2) is 11.6 Å². The summed E-state index contributed by atoms with van der Waals surface area (Å²) in [4.78, 5) is 20.9. The average molecular weight is 291 g/mol. The predicted molar refractivity (Wildman–Crippen MR) is 71.3 cm³/mol. The van der Waals surface area contributed by atoms with Gasteiger partial charge in [0.25, 0.3) is 5.69 Å². The minimum Gasteiger partial charge on any atom is -0.477 e. The fourth-order valence-corrected chi connectivity index (χ4v) is 1.74. The van der Waals surface area contributed by atoms with Crippen LogP contribution in [-0.2, 0) is 0 Å². The highest BCUT2D eigenvalue weighted by Crippen LogP contribution is 2.29. The van der Waals surface area contributed by atoms with E-state index < -0.39 is 28.0 Å². The van der Waals surface area contributed by atoms with Crippen molar-refractivity contribution in [2.24, 2.45) is 0 Å². The number of carboxylic acids is 1. The van der Waals surface area contributed by atoms with Crippen molar-refractivity contribution in [2.45, 2.75) is 6.92 Å². The zero-order valence-electron chi connectivity index (χ0n) is 10.9. The Balaban J connectivity index is 2.42. The highest BCUT2D eigenvalue weighted by molar-refractivity contribution is 5.92. The van der Waals surface area contributed by atoms with Crippen LogP contribution < -0.4 is 4.74 Å². The fraction of sp³-hybridized carbons (Fsp3) is 0.0714. The molecule has 1 N–H and O–H groups in total. The second-order valence-electron chi connectivity index (χ2n) is 4.23. The van der Waals surface area contributed by atoms with Gasteiger partial charge in [0.1, 0.15) is 11.3 Å². The number of carbonyl (C=O) groups is 1. The van der Waals surface area contributed by atoms with Crippen LogP contribution in [0, 0.1) is 22.9 Å². The van der Waals surface area contributed by atoms with Gasteiger partial charge < -0.3 is 9.84 Å². The number of nitro benzene ring substituents is 1. The van der Waals surface area contributed by atoms with E-state index in [0.29, 0.717) is 5.56 Å². The maximum absolute atomic E-state index is 13.8. The van der Waals surface area contributed by atoms with Crippen LogP contribution in [0.2, 0.25) is 0 Å². The summed E-state index contributed by atoms with van der Waals surface area (Å²) < 4.78 is 19.1. The van der Waals surface area contributed by atoms with Crippen LogP contribution in [0.4, 0.5) is 10.1 Å². The number of rotatable bonds is 4. The first-order chi connectivity index (χ1) is 9.90. The molecule has 108 valence electrons. The summed E-state index contributed by atoms with van der Waals surface area (Å²) in [7, 11) is 0. The molecule has 0 aromatic heterocycles. The van der Waals surface area contributed by atoms with E-state index in [1.165, 1.54) is 12.1 Å². The third-order valence-corrected chi connectivity index (χ3v) is 2.78. The van der Waals surface area contributed by atoms with Crippen molar-refractivity contribution >= 4 is 11.7 Å². The van der Waals surface area contributed by atoms with Gasteiger partial charge in [-0.15, -0.1) is 0 Å². The topological polar surface area (TPSA) is 89.7 Å². The van der Waals surface area contributed by atoms with Crippen LogP contribution in [0.5, 0.6) is 11.5 Å². The quantitative estimate of drug-likeness (QED) is 0.687. The summed E-state index contributed by atoms with van der Waals surface area (Å²) in [5.41, 5.74) is -0.710. The number of hydrogen-bond acceptors (Lipinski definition) is 4. The number of aryl methyl sites for hydroxylation is 1. The van der Waals surface area contributed by atoms with Crippen molar-refractivity contribution in [3.8, 4) is 11.5 Å². The lowest BCUT2D eigenvalue weighted by atomic mass is 10.1. The van der Waals surface area contributed by atoms with Gasteiger partial charge in [-0.25, -0.2) is 9.18 Å². The molecule has 0 unspecified atom stereocenters. The Hall–Kier alpha value is -2.96. The molecule has 0 amide bonds. The Morgan fingerprint density at radius 3 is 2.67 bits per heavy atom. The monoisotopic (exact) mass is 291 g/mol. The van der Waals surface area contributed by atoms with E-state index in [4.69, 9.17) is 9.84 Å². The summed E-state index contributed by atoms with van der Waals surface area (Å²) in [6.45, 7) is 1.56. The van der Waals surface area contributed by atoms with Crippen molar-refractivity contribution in [2.75, 3.05) is 0 Å². The molecule has 0 aliphatic heterocycles. The molecule has 0 spiro atoms. The molecule has 2 aromatic rings. The zero-order chi connectivity index (χ0) is 15.6. The summed E-state index contributed by atoms with van der Waals surface area (Å²) in [6, 6.07) is 7.73. The molecule has 7 heteroatoms. The smallest absolute Gasteiger partial charge is 0.342 e. The number of carboxylic acid groups (broad SMARTS) is 1. The van der Waals surface area contributed by atoms with Crippen molar-refractivity contribution in [3.05, 3.63) is 63.5 Å². The molecule has 6 nitrogen and oxygen atoms in total. The van der Waals surface area contributed by atoms with Gasteiger partial charge in [-0.3, -0.25) is 10.1 Å². The second-order valence-corrected chi connectivity index (χ2v) is 4.23. The van der Waals surface area contributed by atoms with Gasteiger partial charge in [0.2, 0.25) is 0 Å². The number of aromatic carboxylic acids is 1. The summed E-state index contributed by atoms with van der Waals surface area (Å²) >= 11 is 0. The molecule has 0 aliphatic carbocycles. The molecular weight excluding hydrogens is 281 g/mol. The molecule has 0 fully saturated rings. The molecule has 0 radical (unpaired) electrons. The van der Waals surface area contributed by atoms with Crippen molar-refractivity contribution in [3.63, 3.8) is 0 Å².